The monoisotopic (exact) mass is 297 g/mol. The molecule has 0 aliphatic heterocycles. The molecule has 1 aliphatic carbocycles. The fourth-order valence-electron chi connectivity index (χ4n) is 2.44. The first-order chi connectivity index (χ1) is 9.93. The quantitative estimate of drug-likeness (QED) is 0.848. The maximum atomic E-state index is 13.6. The van der Waals surface area contributed by atoms with Crippen molar-refractivity contribution in [3.63, 3.8) is 0 Å². The van der Waals surface area contributed by atoms with Gasteiger partial charge >= 0.3 is 0 Å². The van der Waals surface area contributed by atoms with E-state index in [1.54, 1.807) is 0 Å². The maximum absolute atomic E-state index is 13.6. The molecule has 5 heteroatoms. The number of rotatable bonds is 6. The Bertz CT molecular complexity index is 521. The molecule has 4 atom stereocenters. The van der Waals surface area contributed by atoms with Crippen molar-refractivity contribution >= 4 is 5.91 Å². The number of hydrogen-bond acceptors (Lipinski definition) is 2. The molecular weight excluding hydrogens is 276 g/mol. The zero-order valence-electron chi connectivity index (χ0n) is 12.3. The number of nitrogens with one attached hydrogen (secondary N) is 1. The predicted octanol–water partition coefficient (Wildman–Crippen LogP) is 2.59. The molecule has 2 N–H and O–H groups in total. The summed E-state index contributed by atoms with van der Waals surface area (Å²) in [4.78, 5) is 12.0. The molecule has 4 unspecified atom stereocenters. The number of hydrogen-bond donors (Lipinski definition) is 2. The molecule has 0 spiro atoms. The van der Waals surface area contributed by atoms with E-state index in [-0.39, 0.29) is 30.2 Å². The van der Waals surface area contributed by atoms with Crippen molar-refractivity contribution in [3.05, 3.63) is 35.4 Å². The number of benzene rings is 1. The molecule has 1 saturated carbocycles. The van der Waals surface area contributed by atoms with E-state index in [1.165, 1.54) is 12.1 Å². The minimum atomic E-state index is -0.616. The Kier molecular flexibility index (Phi) is 4.93. The number of aliphatic hydroxyl groups is 1. The number of carbonyl (C=O) groups excluding carboxylic acids is 1. The summed E-state index contributed by atoms with van der Waals surface area (Å²) in [5.74, 6) is -1.74. The average Bonchev–Trinajstić information content (AvgIpc) is 3.23. The molecule has 1 amide bonds. The minimum absolute atomic E-state index is 0.120. The lowest BCUT2D eigenvalue weighted by Gasteiger charge is -2.17. The molecule has 1 aliphatic rings. The molecule has 0 radical (unpaired) electrons. The van der Waals surface area contributed by atoms with Crippen LogP contribution in [-0.2, 0) is 4.79 Å². The van der Waals surface area contributed by atoms with Gasteiger partial charge in [0.05, 0.1) is 6.10 Å². The number of aliphatic hydroxyl groups excluding tert-OH is 1. The highest BCUT2D eigenvalue weighted by Crippen LogP contribution is 2.48. The second-order valence-corrected chi connectivity index (χ2v) is 5.81. The van der Waals surface area contributed by atoms with Crippen molar-refractivity contribution in [2.45, 2.75) is 38.7 Å². The summed E-state index contributed by atoms with van der Waals surface area (Å²) in [6.07, 6.45) is 0.830. The van der Waals surface area contributed by atoms with Gasteiger partial charge in [-0.05, 0) is 29.9 Å². The van der Waals surface area contributed by atoms with Gasteiger partial charge in [-0.1, -0.05) is 26.3 Å². The van der Waals surface area contributed by atoms with Gasteiger partial charge < -0.3 is 10.4 Å². The van der Waals surface area contributed by atoms with Crippen LogP contribution in [0.3, 0.4) is 0 Å². The first-order valence-electron chi connectivity index (χ1n) is 7.34. The minimum Gasteiger partial charge on any atom is -0.391 e. The largest absolute Gasteiger partial charge is 0.391 e. The van der Waals surface area contributed by atoms with E-state index in [2.05, 4.69) is 5.32 Å². The van der Waals surface area contributed by atoms with Crippen molar-refractivity contribution in [1.29, 1.82) is 0 Å². The third-order valence-electron chi connectivity index (χ3n) is 4.28. The molecule has 2 rings (SSSR count). The van der Waals surface area contributed by atoms with Crippen LogP contribution >= 0.6 is 0 Å². The second kappa shape index (κ2) is 6.52. The van der Waals surface area contributed by atoms with Crippen molar-refractivity contribution in [2.75, 3.05) is 6.54 Å². The van der Waals surface area contributed by atoms with Crippen LogP contribution in [0.4, 0.5) is 8.78 Å². The molecule has 1 aromatic carbocycles. The highest BCUT2D eigenvalue weighted by Gasteiger charge is 2.45. The van der Waals surface area contributed by atoms with Gasteiger partial charge in [-0.3, -0.25) is 4.79 Å². The Hall–Kier alpha value is -1.49. The van der Waals surface area contributed by atoms with E-state index in [1.807, 2.05) is 13.8 Å². The summed E-state index contributed by atoms with van der Waals surface area (Å²) in [5.41, 5.74) is 0.388. The Labute approximate surface area is 123 Å². The van der Waals surface area contributed by atoms with Gasteiger partial charge in [-0.2, -0.15) is 0 Å². The Balaban J connectivity index is 1.86. The summed E-state index contributed by atoms with van der Waals surface area (Å²) in [5, 5.41) is 12.5. The van der Waals surface area contributed by atoms with Crippen molar-refractivity contribution in [1.82, 2.24) is 5.32 Å². The first-order valence-corrected chi connectivity index (χ1v) is 7.34. The lowest BCUT2D eigenvalue weighted by atomic mass is 10.0. The maximum Gasteiger partial charge on any atom is 0.223 e. The van der Waals surface area contributed by atoms with Crippen LogP contribution in [0.2, 0.25) is 0 Å². The summed E-state index contributed by atoms with van der Waals surface area (Å²) in [7, 11) is 0. The highest BCUT2D eigenvalue weighted by atomic mass is 19.1. The van der Waals surface area contributed by atoms with Gasteiger partial charge in [0.15, 0.2) is 0 Å². The normalized spacial score (nSPS) is 23.5. The lowest BCUT2D eigenvalue weighted by Crippen LogP contribution is -2.36. The van der Waals surface area contributed by atoms with Gasteiger partial charge in [0.1, 0.15) is 11.6 Å². The molecule has 116 valence electrons. The zero-order valence-corrected chi connectivity index (χ0v) is 12.3. The van der Waals surface area contributed by atoms with Crippen molar-refractivity contribution in [3.8, 4) is 0 Å². The van der Waals surface area contributed by atoms with Crippen LogP contribution < -0.4 is 5.32 Å². The fourth-order valence-corrected chi connectivity index (χ4v) is 2.44. The molecule has 0 bridgehead atoms. The van der Waals surface area contributed by atoms with E-state index in [0.29, 0.717) is 12.0 Å². The van der Waals surface area contributed by atoms with E-state index < -0.39 is 17.7 Å². The van der Waals surface area contributed by atoms with E-state index in [9.17, 15) is 18.7 Å². The fraction of sp³-hybridized carbons (Fsp3) is 0.562. The Morgan fingerprint density at radius 1 is 1.48 bits per heavy atom. The summed E-state index contributed by atoms with van der Waals surface area (Å²) < 4.78 is 26.5. The van der Waals surface area contributed by atoms with Gasteiger partial charge in [-0.15, -0.1) is 0 Å². The van der Waals surface area contributed by atoms with E-state index >= 15 is 0 Å². The van der Waals surface area contributed by atoms with Crippen LogP contribution in [0.5, 0.6) is 0 Å². The topological polar surface area (TPSA) is 49.3 Å². The number of carbonyl (C=O) groups is 1. The third kappa shape index (κ3) is 3.79. The number of amides is 1. The second-order valence-electron chi connectivity index (χ2n) is 5.81. The molecular formula is C16H21F2NO2. The molecule has 3 nitrogen and oxygen atoms in total. The van der Waals surface area contributed by atoms with Crippen LogP contribution in [-0.4, -0.2) is 23.7 Å². The smallest absolute Gasteiger partial charge is 0.223 e. The number of halogens is 2. The third-order valence-corrected chi connectivity index (χ3v) is 4.28. The summed E-state index contributed by atoms with van der Waals surface area (Å²) in [6.45, 7) is 4.11. The first kappa shape index (κ1) is 15.9. The van der Waals surface area contributed by atoms with Crippen LogP contribution in [0.1, 0.15) is 38.2 Å². The zero-order chi connectivity index (χ0) is 15.6. The molecule has 0 heterocycles. The summed E-state index contributed by atoms with van der Waals surface area (Å²) >= 11 is 0. The predicted molar refractivity (Wildman–Crippen MR) is 75.7 cm³/mol. The Morgan fingerprint density at radius 3 is 2.81 bits per heavy atom. The standard InChI is InChI=1S/C16H21F2NO2/c1-3-9(2)15(20)8-19-16(21)13-7-12(13)11-5-4-10(17)6-14(11)18/h4-6,9,12-13,15,20H,3,7-8H2,1-2H3,(H,19,21). The lowest BCUT2D eigenvalue weighted by molar-refractivity contribution is -0.123. The van der Waals surface area contributed by atoms with E-state index in [4.69, 9.17) is 0 Å². The Morgan fingerprint density at radius 2 is 2.19 bits per heavy atom. The molecule has 1 fully saturated rings. The van der Waals surface area contributed by atoms with Gasteiger partial charge in [0, 0.05) is 18.5 Å². The molecule has 1 aromatic rings. The van der Waals surface area contributed by atoms with Crippen molar-refractivity contribution in [2.24, 2.45) is 11.8 Å². The SMILES string of the molecule is CCC(C)C(O)CNC(=O)C1CC1c1ccc(F)cc1F. The van der Waals surface area contributed by atoms with Gasteiger partial charge in [0.25, 0.3) is 0 Å². The average molecular weight is 297 g/mol. The molecule has 21 heavy (non-hydrogen) atoms. The van der Waals surface area contributed by atoms with Crippen molar-refractivity contribution < 1.29 is 18.7 Å². The molecule has 0 aromatic heterocycles. The van der Waals surface area contributed by atoms with Crippen LogP contribution in [0, 0.1) is 23.5 Å². The molecule has 0 saturated heterocycles. The highest BCUT2D eigenvalue weighted by molar-refractivity contribution is 5.82. The van der Waals surface area contributed by atoms with Crippen LogP contribution in [0.15, 0.2) is 18.2 Å². The summed E-state index contributed by atoms with van der Waals surface area (Å²) in [6, 6.07) is 3.45. The van der Waals surface area contributed by atoms with E-state index in [0.717, 1.165) is 12.5 Å². The van der Waals surface area contributed by atoms with Gasteiger partial charge in [0.2, 0.25) is 5.91 Å². The van der Waals surface area contributed by atoms with Gasteiger partial charge in [-0.25, -0.2) is 8.78 Å². The van der Waals surface area contributed by atoms with Crippen LogP contribution in [0.25, 0.3) is 0 Å².